The van der Waals surface area contributed by atoms with E-state index in [9.17, 15) is 9.59 Å². The summed E-state index contributed by atoms with van der Waals surface area (Å²) in [5.74, 6) is 0.742. The van der Waals surface area contributed by atoms with Crippen LogP contribution in [0.4, 0.5) is 23.1 Å². The minimum absolute atomic E-state index is 0.0530. The van der Waals surface area contributed by atoms with Crippen LogP contribution in [-0.2, 0) is 4.79 Å². The first kappa shape index (κ1) is 23.8. The summed E-state index contributed by atoms with van der Waals surface area (Å²) in [7, 11) is 0. The number of fused-ring (bicyclic) bond motifs is 2. The molecule has 0 atom stereocenters. The van der Waals surface area contributed by atoms with Gasteiger partial charge in [0, 0.05) is 18.8 Å². The van der Waals surface area contributed by atoms with Gasteiger partial charge in [0.05, 0.1) is 33.4 Å². The summed E-state index contributed by atoms with van der Waals surface area (Å²) >= 11 is 12.5. The Labute approximate surface area is 215 Å². The van der Waals surface area contributed by atoms with Crippen molar-refractivity contribution in [2.75, 3.05) is 22.5 Å². The van der Waals surface area contributed by atoms with Gasteiger partial charge in [-0.3, -0.25) is 4.79 Å². The fourth-order valence-corrected chi connectivity index (χ4v) is 4.65. The number of hydrogen-bond donors (Lipinski definition) is 2. The van der Waals surface area contributed by atoms with Crippen molar-refractivity contribution in [1.29, 1.82) is 0 Å². The number of anilines is 4. The zero-order chi connectivity index (χ0) is 25.8. The van der Waals surface area contributed by atoms with Crippen molar-refractivity contribution in [2.24, 2.45) is 0 Å². The number of carbonyl (C=O) groups excluding carboxylic acids is 1. The molecule has 3 heterocycles. The molecule has 1 amide bonds. The first-order valence-corrected chi connectivity index (χ1v) is 11.7. The smallest absolute Gasteiger partial charge is 0.355 e. The van der Waals surface area contributed by atoms with Gasteiger partial charge in [-0.2, -0.15) is 9.97 Å². The standard InChI is InChI=1S/C24H21Cl2N7O3/c1-12(34)32-11-24(2,3)36-18-8-7-13(9-17(18)32)29-22-28-10-14-20(27)33(23(35)31-21(14)30-22)19-15(25)5-4-6-16(19)26/h4-10H,11,27H2,1-3H3,(H,29,30,31,35). The highest BCUT2D eigenvalue weighted by atomic mass is 35.5. The zero-order valence-corrected chi connectivity index (χ0v) is 21.1. The number of nitrogens with zero attached hydrogens (tertiary/aromatic N) is 5. The predicted octanol–water partition coefficient (Wildman–Crippen LogP) is 4.33. The van der Waals surface area contributed by atoms with Gasteiger partial charge in [0.25, 0.3) is 0 Å². The van der Waals surface area contributed by atoms with E-state index in [1.807, 2.05) is 13.8 Å². The van der Waals surface area contributed by atoms with E-state index in [1.54, 1.807) is 41.3 Å². The van der Waals surface area contributed by atoms with Gasteiger partial charge in [0.15, 0.2) is 5.65 Å². The molecule has 2 aromatic heterocycles. The fourth-order valence-electron chi connectivity index (χ4n) is 4.08. The summed E-state index contributed by atoms with van der Waals surface area (Å²) in [6, 6.07) is 10.2. The number of hydrogen-bond acceptors (Lipinski definition) is 8. The Bertz CT molecular complexity index is 1580. The summed E-state index contributed by atoms with van der Waals surface area (Å²) in [6.45, 7) is 5.77. The van der Waals surface area contributed by atoms with E-state index in [-0.39, 0.29) is 39.1 Å². The van der Waals surface area contributed by atoms with Crippen molar-refractivity contribution in [2.45, 2.75) is 26.4 Å². The molecule has 2 aromatic carbocycles. The summed E-state index contributed by atoms with van der Waals surface area (Å²) in [5.41, 5.74) is 6.67. The molecule has 0 saturated carbocycles. The van der Waals surface area contributed by atoms with Crippen LogP contribution in [0.1, 0.15) is 20.8 Å². The maximum Gasteiger partial charge on any atom is 0.355 e. The van der Waals surface area contributed by atoms with Crippen molar-refractivity contribution >= 4 is 63.3 Å². The van der Waals surface area contributed by atoms with Gasteiger partial charge in [-0.15, -0.1) is 0 Å². The van der Waals surface area contributed by atoms with Gasteiger partial charge >= 0.3 is 5.69 Å². The molecule has 0 fully saturated rings. The van der Waals surface area contributed by atoms with E-state index in [1.165, 1.54) is 13.1 Å². The van der Waals surface area contributed by atoms with Crippen LogP contribution in [0.15, 0.2) is 47.4 Å². The third-order valence-electron chi connectivity index (χ3n) is 5.65. The van der Waals surface area contributed by atoms with Gasteiger partial charge in [-0.05, 0) is 44.2 Å². The molecule has 0 bridgehead atoms. The Morgan fingerprint density at radius 1 is 1.17 bits per heavy atom. The number of nitrogens with two attached hydrogens (primary N) is 1. The molecule has 4 aromatic rings. The second kappa shape index (κ2) is 8.65. The molecule has 184 valence electrons. The number of aromatic nitrogens is 4. The third-order valence-corrected chi connectivity index (χ3v) is 6.26. The minimum atomic E-state index is -0.690. The lowest BCUT2D eigenvalue weighted by Gasteiger charge is -2.39. The van der Waals surface area contributed by atoms with Gasteiger partial charge in [0.1, 0.15) is 17.2 Å². The fraction of sp³-hybridized carbons (Fsp3) is 0.208. The average Bonchev–Trinajstić information content (AvgIpc) is 2.80. The van der Waals surface area contributed by atoms with Crippen molar-refractivity contribution in [3.8, 4) is 11.4 Å². The van der Waals surface area contributed by atoms with Crippen LogP contribution in [0.2, 0.25) is 10.0 Å². The van der Waals surface area contributed by atoms with Gasteiger partial charge in [0.2, 0.25) is 11.9 Å². The number of ether oxygens (including phenoxy) is 1. The Morgan fingerprint density at radius 2 is 1.89 bits per heavy atom. The molecule has 0 unspecified atom stereocenters. The summed E-state index contributed by atoms with van der Waals surface area (Å²) in [6.07, 6.45) is 1.46. The van der Waals surface area contributed by atoms with Gasteiger partial charge in [-0.1, -0.05) is 29.3 Å². The average molecular weight is 526 g/mol. The molecule has 0 saturated heterocycles. The van der Waals surface area contributed by atoms with Crippen LogP contribution in [0.5, 0.6) is 5.75 Å². The highest BCUT2D eigenvalue weighted by molar-refractivity contribution is 6.37. The lowest BCUT2D eigenvalue weighted by Crippen LogP contribution is -2.48. The number of halogens is 2. The molecule has 36 heavy (non-hydrogen) atoms. The number of nitrogen functional groups attached to an aromatic ring is 1. The molecule has 12 heteroatoms. The molecule has 0 aliphatic carbocycles. The predicted molar refractivity (Wildman–Crippen MR) is 140 cm³/mol. The largest absolute Gasteiger partial charge is 0.484 e. The van der Waals surface area contributed by atoms with Crippen LogP contribution in [0.25, 0.3) is 16.7 Å². The first-order chi connectivity index (χ1) is 17.0. The van der Waals surface area contributed by atoms with Crippen LogP contribution in [-0.4, -0.2) is 37.6 Å². The summed E-state index contributed by atoms with van der Waals surface area (Å²) in [5, 5.41) is 3.92. The van der Waals surface area contributed by atoms with E-state index >= 15 is 0 Å². The van der Waals surface area contributed by atoms with Gasteiger partial charge in [-0.25, -0.2) is 14.3 Å². The molecule has 10 nitrogen and oxygen atoms in total. The topological polar surface area (TPSA) is 128 Å². The quantitative estimate of drug-likeness (QED) is 0.404. The summed E-state index contributed by atoms with van der Waals surface area (Å²) < 4.78 is 7.15. The second-order valence-electron chi connectivity index (χ2n) is 8.89. The van der Waals surface area contributed by atoms with Crippen LogP contribution in [0.3, 0.4) is 0 Å². The normalized spacial score (nSPS) is 14.3. The van der Waals surface area contributed by atoms with E-state index in [0.717, 1.165) is 4.57 Å². The lowest BCUT2D eigenvalue weighted by atomic mass is 10.0. The summed E-state index contributed by atoms with van der Waals surface area (Å²) in [4.78, 5) is 39.5. The van der Waals surface area contributed by atoms with E-state index in [0.29, 0.717) is 29.1 Å². The first-order valence-electron chi connectivity index (χ1n) is 10.9. The van der Waals surface area contributed by atoms with Gasteiger partial charge < -0.3 is 20.7 Å². The Balaban J connectivity index is 1.52. The number of carbonyl (C=O) groups is 1. The molecule has 5 rings (SSSR count). The maximum atomic E-state index is 12.9. The second-order valence-corrected chi connectivity index (χ2v) is 9.71. The Hall–Kier alpha value is -3.89. The van der Waals surface area contributed by atoms with E-state index < -0.39 is 11.3 Å². The highest BCUT2D eigenvalue weighted by Gasteiger charge is 2.33. The van der Waals surface area contributed by atoms with Crippen molar-refractivity contribution in [3.05, 3.63) is 63.1 Å². The van der Waals surface area contributed by atoms with Crippen molar-refractivity contribution < 1.29 is 9.53 Å². The number of rotatable bonds is 3. The number of para-hydroxylation sites is 1. The molecule has 3 N–H and O–H groups in total. The number of amides is 1. The molecule has 0 spiro atoms. The molecule has 1 aliphatic heterocycles. The van der Waals surface area contributed by atoms with Crippen LogP contribution >= 0.6 is 23.2 Å². The highest BCUT2D eigenvalue weighted by Crippen LogP contribution is 2.39. The van der Waals surface area contributed by atoms with Crippen molar-refractivity contribution in [3.63, 3.8) is 0 Å². The lowest BCUT2D eigenvalue weighted by molar-refractivity contribution is -0.117. The Morgan fingerprint density at radius 3 is 2.58 bits per heavy atom. The molecular weight excluding hydrogens is 505 g/mol. The van der Waals surface area contributed by atoms with E-state index in [2.05, 4.69) is 20.3 Å². The number of benzene rings is 2. The minimum Gasteiger partial charge on any atom is -0.484 e. The molecule has 0 radical (unpaired) electrons. The molecular formula is C24H21Cl2N7O3. The zero-order valence-electron chi connectivity index (χ0n) is 19.5. The monoisotopic (exact) mass is 525 g/mol. The third kappa shape index (κ3) is 4.18. The Kier molecular flexibility index (Phi) is 5.73. The maximum absolute atomic E-state index is 12.9. The molecule has 1 aliphatic rings. The number of nitrogens with one attached hydrogen (secondary N) is 1. The van der Waals surface area contributed by atoms with E-state index in [4.69, 9.17) is 33.7 Å². The van der Waals surface area contributed by atoms with Crippen molar-refractivity contribution in [1.82, 2.24) is 19.5 Å². The van der Waals surface area contributed by atoms with Crippen LogP contribution in [0, 0.1) is 0 Å². The SMILES string of the molecule is CC(=O)N1CC(C)(C)Oc2ccc(Nc3ncc4c(N)n(-c5c(Cl)cccc5Cl)c(=O)nc4n3)cc21. The van der Waals surface area contributed by atoms with Crippen LogP contribution < -0.4 is 26.4 Å².